The third kappa shape index (κ3) is 2.89. The molecule has 1 saturated carbocycles. The first kappa shape index (κ1) is 13.3. The van der Waals surface area contributed by atoms with E-state index in [0.29, 0.717) is 0 Å². The van der Waals surface area contributed by atoms with Gasteiger partial charge in [-0.25, -0.2) is 0 Å². The van der Waals surface area contributed by atoms with E-state index in [4.69, 9.17) is 5.84 Å². The number of nitrogens with one attached hydrogen (secondary N) is 1. The number of hydrogen-bond donors (Lipinski definition) is 2. The van der Waals surface area contributed by atoms with E-state index in [0.717, 1.165) is 12.3 Å². The van der Waals surface area contributed by atoms with Gasteiger partial charge in [0, 0.05) is 18.4 Å². The van der Waals surface area contributed by atoms with Gasteiger partial charge in [0.1, 0.15) is 0 Å². The molecule has 1 heterocycles. The van der Waals surface area contributed by atoms with Crippen LogP contribution >= 0.6 is 0 Å². The zero-order valence-electron chi connectivity index (χ0n) is 11.6. The second-order valence-electron chi connectivity index (χ2n) is 5.57. The highest BCUT2D eigenvalue weighted by Gasteiger charge is 2.19. The summed E-state index contributed by atoms with van der Waals surface area (Å²) in [6, 6.07) is 13.2. The van der Waals surface area contributed by atoms with Gasteiger partial charge in [0.15, 0.2) is 0 Å². The Morgan fingerprint density at radius 1 is 1.10 bits per heavy atom. The molecular formula is C17H21N3. The van der Waals surface area contributed by atoms with Crippen molar-refractivity contribution < 1.29 is 0 Å². The Morgan fingerprint density at radius 3 is 2.35 bits per heavy atom. The van der Waals surface area contributed by atoms with Crippen LogP contribution < -0.4 is 11.3 Å². The number of nitrogens with zero attached hydrogens (tertiary/aromatic N) is 1. The first-order valence-corrected chi connectivity index (χ1v) is 7.31. The third-order valence-corrected chi connectivity index (χ3v) is 4.31. The molecule has 1 aliphatic carbocycles. The summed E-state index contributed by atoms with van der Waals surface area (Å²) < 4.78 is 0. The van der Waals surface area contributed by atoms with Crippen molar-refractivity contribution in [1.82, 2.24) is 10.4 Å². The molecule has 1 aromatic heterocycles. The van der Waals surface area contributed by atoms with Crippen molar-refractivity contribution in [3.8, 4) is 0 Å². The molecule has 0 bridgehead atoms. The number of benzene rings is 1. The molecule has 2 aromatic rings. The van der Waals surface area contributed by atoms with Gasteiger partial charge in [-0.2, -0.15) is 0 Å². The quantitative estimate of drug-likeness (QED) is 0.646. The fourth-order valence-corrected chi connectivity index (χ4v) is 2.77. The molecule has 1 aromatic carbocycles. The standard InChI is InChI=1S/C17H21N3/c18-20-17(12-13-8-10-19-11-9-13)16-6-4-15(5-7-16)14-2-1-3-14/h4-11,14,17,20H,1-3,12,18H2. The lowest BCUT2D eigenvalue weighted by Gasteiger charge is -2.26. The molecule has 3 nitrogen and oxygen atoms in total. The molecule has 0 amide bonds. The topological polar surface area (TPSA) is 50.9 Å². The largest absolute Gasteiger partial charge is 0.271 e. The smallest absolute Gasteiger partial charge is 0.0500 e. The van der Waals surface area contributed by atoms with Crippen LogP contribution in [0.25, 0.3) is 0 Å². The van der Waals surface area contributed by atoms with E-state index in [1.807, 2.05) is 24.5 Å². The van der Waals surface area contributed by atoms with E-state index in [2.05, 4.69) is 34.7 Å². The van der Waals surface area contributed by atoms with Crippen molar-refractivity contribution >= 4 is 0 Å². The van der Waals surface area contributed by atoms with Gasteiger partial charge >= 0.3 is 0 Å². The molecule has 1 aliphatic rings. The van der Waals surface area contributed by atoms with Gasteiger partial charge in [-0.1, -0.05) is 30.7 Å². The maximum Gasteiger partial charge on any atom is 0.0500 e. The lowest BCUT2D eigenvalue weighted by atomic mass is 9.80. The average molecular weight is 267 g/mol. The Hall–Kier alpha value is -1.71. The minimum Gasteiger partial charge on any atom is -0.271 e. The van der Waals surface area contributed by atoms with Crippen LogP contribution in [-0.2, 0) is 6.42 Å². The van der Waals surface area contributed by atoms with E-state index >= 15 is 0 Å². The SMILES string of the molecule is NNC(Cc1ccncc1)c1ccc(C2CCC2)cc1. The average Bonchev–Trinajstić information content (AvgIpc) is 2.45. The Bertz CT molecular complexity index is 532. The molecule has 0 saturated heterocycles. The van der Waals surface area contributed by atoms with E-state index in [1.165, 1.54) is 36.0 Å². The van der Waals surface area contributed by atoms with Gasteiger partial charge < -0.3 is 0 Å². The summed E-state index contributed by atoms with van der Waals surface area (Å²) in [7, 11) is 0. The van der Waals surface area contributed by atoms with Crippen LogP contribution in [0.4, 0.5) is 0 Å². The number of pyridine rings is 1. The highest BCUT2D eigenvalue weighted by molar-refractivity contribution is 5.29. The molecular weight excluding hydrogens is 246 g/mol. The highest BCUT2D eigenvalue weighted by Crippen LogP contribution is 2.36. The first-order chi connectivity index (χ1) is 9.86. The van der Waals surface area contributed by atoms with E-state index in [1.54, 1.807) is 0 Å². The lowest BCUT2D eigenvalue weighted by molar-refractivity contribution is 0.419. The highest BCUT2D eigenvalue weighted by atomic mass is 15.2. The van der Waals surface area contributed by atoms with Crippen LogP contribution in [0.5, 0.6) is 0 Å². The molecule has 3 heteroatoms. The van der Waals surface area contributed by atoms with Crippen molar-refractivity contribution in [3.63, 3.8) is 0 Å². The Labute approximate surface area is 120 Å². The minimum absolute atomic E-state index is 0.146. The second kappa shape index (κ2) is 6.16. The summed E-state index contributed by atoms with van der Waals surface area (Å²) in [5.41, 5.74) is 6.88. The van der Waals surface area contributed by atoms with Crippen LogP contribution in [0.1, 0.15) is 47.9 Å². The van der Waals surface area contributed by atoms with Crippen LogP contribution in [0.3, 0.4) is 0 Å². The van der Waals surface area contributed by atoms with E-state index in [9.17, 15) is 0 Å². The Balaban J connectivity index is 1.72. The number of hydrogen-bond acceptors (Lipinski definition) is 3. The van der Waals surface area contributed by atoms with Crippen molar-refractivity contribution in [2.45, 2.75) is 37.6 Å². The normalized spacial score (nSPS) is 16.6. The van der Waals surface area contributed by atoms with Crippen LogP contribution in [0.2, 0.25) is 0 Å². The van der Waals surface area contributed by atoms with Gasteiger partial charge in [-0.3, -0.25) is 16.3 Å². The number of hydrazine groups is 1. The van der Waals surface area contributed by atoms with Crippen LogP contribution in [-0.4, -0.2) is 4.98 Å². The molecule has 1 atom stereocenters. The third-order valence-electron chi connectivity index (χ3n) is 4.31. The fraction of sp³-hybridized carbons (Fsp3) is 0.353. The molecule has 0 spiro atoms. The molecule has 3 N–H and O–H groups in total. The van der Waals surface area contributed by atoms with Crippen LogP contribution in [0, 0.1) is 0 Å². The minimum atomic E-state index is 0.146. The molecule has 0 aliphatic heterocycles. The summed E-state index contributed by atoms with van der Waals surface area (Å²) in [4.78, 5) is 4.05. The van der Waals surface area contributed by atoms with Crippen molar-refractivity contribution in [2.24, 2.45) is 5.84 Å². The van der Waals surface area contributed by atoms with Gasteiger partial charge in [0.2, 0.25) is 0 Å². The Kier molecular flexibility index (Phi) is 4.09. The summed E-state index contributed by atoms with van der Waals surface area (Å²) in [5, 5.41) is 0. The van der Waals surface area contributed by atoms with Gasteiger partial charge in [0.05, 0.1) is 0 Å². The number of rotatable bonds is 5. The summed E-state index contributed by atoms with van der Waals surface area (Å²) in [6.45, 7) is 0. The van der Waals surface area contributed by atoms with Crippen LogP contribution in [0.15, 0.2) is 48.8 Å². The monoisotopic (exact) mass is 267 g/mol. The molecule has 1 fully saturated rings. The number of nitrogens with two attached hydrogens (primary N) is 1. The van der Waals surface area contributed by atoms with Crippen molar-refractivity contribution in [1.29, 1.82) is 0 Å². The predicted molar refractivity (Wildman–Crippen MR) is 81.0 cm³/mol. The maximum absolute atomic E-state index is 5.72. The second-order valence-corrected chi connectivity index (χ2v) is 5.57. The van der Waals surface area contributed by atoms with Gasteiger partial charge in [0.25, 0.3) is 0 Å². The molecule has 104 valence electrons. The van der Waals surface area contributed by atoms with Crippen molar-refractivity contribution in [3.05, 3.63) is 65.5 Å². The molecule has 3 rings (SSSR count). The first-order valence-electron chi connectivity index (χ1n) is 7.31. The predicted octanol–water partition coefficient (Wildman–Crippen LogP) is 3.10. The van der Waals surface area contributed by atoms with Gasteiger partial charge in [-0.05, 0) is 54.0 Å². The molecule has 1 unspecified atom stereocenters. The number of aromatic nitrogens is 1. The summed E-state index contributed by atoms with van der Waals surface area (Å²) >= 11 is 0. The van der Waals surface area contributed by atoms with E-state index in [-0.39, 0.29) is 6.04 Å². The zero-order chi connectivity index (χ0) is 13.8. The van der Waals surface area contributed by atoms with Crippen molar-refractivity contribution in [2.75, 3.05) is 0 Å². The van der Waals surface area contributed by atoms with Gasteiger partial charge in [-0.15, -0.1) is 0 Å². The summed E-state index contributed by atoms with van der Waals surface area (Å²) in [6.07, 6.45) is 8.58. The Morgan fingerprint density at radius 2 is 1.80 bits per heavy atom. The fourth-order valence-electron chi connectivity index (χ4n) is 2.77. The lowest BCUT2D eigenvalue weighted by Crippen LogP contribution is -2.29. The molecule has 20 heavy (non-hydrogen) atoms. The summed E-state index contributed by atoms with van der Waals surface area (Å²) in [5.74, 6) is 6.51. The molecule has 0 radical (unpaired) electrons. The van der Waals surface area contributed by atoms with E-state index < -0.39 is 0 Å². The zero-order valence-corrected chi connectivity index (χ0v) is 11.6. The maximum atomic E-state index is 5.72.